The predicted octanol–water partition coefficient (Wildman–Crippen LogP) is 4.15. The molecule has 0 saturated heterocycles. The summed E-state index contributed by atoms with van der Waals surface area (Å²) in [5.74, 6) is 1.83. The van der Waals surface area contributed by atoms with E-state index in [-0.39, 0.29) is 18.1 Å². The standard InChI is InChI=1S/C16H23N3O2/c1-10(2)15-18-16(21-19-15)17-12(5)13-7-6-8-14(9-13)20-11(3)4/h6-12H,1-5H3,(H,17,18,19). The Morgan fingerprint density at radius 1 is 1.14 bits per heavy atom. The molecule has 5 nitrogen and oxygen atoms in total. The zero-order chi connectivity index (χ0) is 15.4. The number of benzene rings is 1. The highest BCUT2D eigenvalue weighted by molar-refractivity contribution is 5.34. The number of anilines is 1. The highest BCUT2D eigenvalue weighted by Crippen LogP contribution is 2.23. The molecule has 114 valence electrons. The fourth-order valence-corrected chi connectivity index (χ4v) is 1.93. The summed E-state index contributed by atoms with van der Waals surface area (Å²) in [6.45, 7) is 10.1. The van der Waals surface area contributed by atoms with E-state index >= 15 is 0 Å². The second kappa shape index (κ2) is 6.61. The molecule has 1 aromatic heterocycles. The highest BCUT2D eigenvalue weighted by atomic mass is 16.5. The molecule has 0 bridgehead atoms. The lowest BCUT2D eigenvalue weighted by Gasteiger charge is -2.15. The number of aromatic nitrogens is 2. The van der Waals surface area contributed by atoms with Crippen molar-refractivity contribution in [2.24, 2.45) is 0 Å². The zero-order valence-electron chi connectivity index (χ0n) is 13.3. The van der Waals surface area contributed by atoms with E-state index in [0.717, 1.165) is 11.3 Å². The lowest BCUT2D eigenvalue weighted by molar-refractivity contribution is 0.242. The molecule has 0 spiro atoms. The predicted molar refractivity (Wildman–Crippen MR) is 82.6 cm³/mol. The first kappa shape index (κ1) is 15.4. The maximum absolute atomic E-state index is 5.71. The number of nitrogens with one attached hydrogen (secondary N) is 1. The van der Waals surface area contributed by atoms with Crippen LogP contribution in [-0.4, -0.2) is 16.2 Å². The molecule has 1 atom stereocenters. The number of ether oxygens (including phenoxy) is 1. The van der Waals surface area contributed by atoms with Crippen molar-refractivity contribution in [2.75, 3.05) is 5.32 Å². The van der Waals surface area contributed by atoms with E-state index in [1.54, 1.807) is 0 Å². The van der Waals surface area contributed by atoms with Crippen LogP contribution in [0.3, 0.4) is 0 Å². The Kier molecular flexibility index (Phi) is 4.83. The van der Waals surface area contributed by atoms with E-state index in [4.69, 9.17) is 9.26 Å². The van der Waals surface area contributed by atoms with Crippen molar-refractivity contribution >= 4 is 6.01 Å². The molecule has 1 N–H and O–H groups in total. The lowest BCUT2D eigenvalue weighted by Crippen LogP contribution is -2.09. The Hall–Kier alpha value is -2.04. The van der Waals surface area contributed by atoms with Crippen LogP contribution in [0.1, 0.15) is 58.0 Å². The summed E-state index contributed by atoms with van der Waals surface area (Å²) < 4.78 is 10.9. The van der Waals surface area contributed by atoms with Gasteiger partial charge >= 0.3 is 6.01 Å². The summed E-state index contributed by atoms with van der Waals surface area (Å²) in [5.41, 5.74) is 1.11. The van der Waals surface area contributed by atoms with Gasteiger partial charge in [-0.25, -0.2) is 0 Å². The molecule has 0 aliphatic carbocycles. The van der Waals surface area contributed by atoms with Gasteiger partial charge in [0.25, 0.3) is 0 Å². The molecule has 0 saturated carbocycles. The largest absolute Gasteiger partial charge is 0.491 e. The fourth-order valence-electron chi connectivity index (χ4n) is 1.93. The summed E-state index contributed by atoms with van der Waals surface area (Å²) in [6.07, 6.45) is 0.160. The molecule has 2 aromatic rings. The van der Waals surface area contributed by atoms with Crippen LogP contribution in [0.4, 0.5) is 6.01 Å². The first-order valence-corrected chi connectivity index (χ1v) is 7.32. The van der Waals surface area contributed by atoms with Crippen molar-refractivity contribution in [1.29, 1.82) is 0 Å². The SMILES string of the molecule is CC(C)Oc1cccc(C(C)Nc2nc(C(C)C)no2)c1. The van der Waals surface area contributed by atoms with Crippen LogP contribution >= 0.6 is 0 Å². The molecule has 1 aromatic carbocycles. The monoisotopic (exact) mass is 289 g/mol. The summed E-state index contributed by atoms with van der Waals surface area (Å²) in [5, 5.41) is 7.16. The first-order chi connectivity index (χ1) is 9.95. The van der Waals surface area contributed by atoms with Crippen molar-refractivity contribution in [3.63, 3.8) is 0 Å². The molecule has 0 radical (unpaired) electrons. The van der Waals surface area contributed by atoms with Crippen molar-refractivity contribution in [2.45, 2.75) is 52.7 Å². The minimum atomic E-state index is 0.0566. The van der Waals surface area contributed by atoms with Crippen molar-refractivity contribution in [3.8, 4) is 5.75 Å². The van der Waals surface area contributed by atoms with Crippen molar-refractivity contribution < 1.29 is 9.26 Å². The average Bonchev–Trinajstić information content (AvgIpc) is 2.87. The Morgan fingerprint density at radius 2 is 1.90 bits per heavy atom. The Balaban J connectivity index is 2.06. The average molecular weight is 289 g/mol. The van der Waals surface area contributed by atoms with Gasteiger partial charge in [0.1, 0.15) is 5.75 Å². The van der Waals surface area contributed by atoms with E-state index in [1.807, 2.05) is 58.9 Å². The van der Waals surface area contributed by atoms with Crippen LogP contribution in [0.5, 0.6) is 5.75 Å². The minimum absolute atomic E-state index is 0.0566. The molecule has 5 heteroatoms. The molecule has 0 amide bonds. The number of hydrogen-bond acceptors (Lipinski definition) is 5. The van der Waals surface area contributed by atoms with E-state index < -0.39 is 0 Å². The van der Waals surface area contributed by atoms with Crippen molar-refractivity contribution in [1.82, 2.24) is 10.1 Å². The topological polar surface area (TPSA) is 60.2 Å². The van der Waals surface area contributed by atoms with Gasteiger partial charge in [-0.1, -0.05) is 31.1 Å². The van der Waals surface area contributed by atoms with Gasteiger partial charge in [-0.15, -0.1) is 0 Å². The normalized spacial score (nSPS) is 12.7. The quantitative estimate of drug-likeness (QED) is 0.865. The smallest absolute Gasteiger partial charge is 0.321 e. The fraction of sp³-hybridized carbons (Fsp3) is 0.500. The molecular formula is C16H23N3O2. The zero-order valence-corrected chi connectivity index (χ0v) is 13.3. The number of rotatable bonds is 6. The first-order valence-electron chi connectivity index (χ1n) is 7.32. The Morgan fingerprint density at radius 3 is 2.52 bits per heavy atom. The van der Waals surface area contributed by atoms with Gasteiger partial charge in [0.2, 0.25) is 0 Å². The minimum Gasteiger partial charge on any atom is -0.491 e. The molecular weight excluding hydrogens is 266 g/mol. The summed E-state index contributed by atoms with van der Waals surface area (Å²) >= 11 is 0. The van der Waals surface area contributed by atoms with Gasteiger partial charge in [0.15, 0.2) is 5.82 Å². The van der Waals surface area contributed by atoms with Gasteiger partial charge in [-0.05, 0) is 38.5 Å². The molecule has 1 heterocycles. The maximum Gasteiger partial charge on any atom is 0.321 e. The lowest BCUT2D eigenvalue weighted by atomic mass is 10.1. The molecule has 1 unspecified atom stereocenters. The van der Waals surface area contributed by atoms with Crippen molar-refractivity contribution in [3.05, 3.63) is 35.7 Å². The van der Waals surface area contributed by atoms with E-state index in [0.29, 0.717) is 11.8 Å². The summed E-state index contributed by atoms with van der Waals surface area (Å²) in [6, 6.07) is 8.52. The van der Waals surface area contributed by atoms with Crippen LogP contribution in [0.25, 0.3) is 0 Å². The molecule has 2 rings (SSSR count). The highest BCUT2D eigenvalue weighted by Gasteiger charge is 2.13. The molecule has 0 fully saturated rings. The van der Waals surface area contributed by atoms with Crippen LogP contribution in [-0.2, 0) is 0 Å². The number of nitrogens with zero attached hydrogens (tertiary/aromatic N) is 2. The summed E-state index contributed by atoms with van der Waals surface area (Å²) in [4.78, 5) is 4.33. The van der Waals surface area contributed by atoms with Crippen LogP contribution < -0.4 is 10.1 Å². The third kappa shape index (κ3) is 4.21. The van der Waals surface area contributed by atoms with Gasteiger partial charge < -0.3 is 14.6 Å². The maximum atomic E-state index is 5.71. The van der Waals surface area contributed by atoms with Crippen LogP contribution in [0, 0.1) is 0 Å². The molecule has 0 aliphatic rings. The third-order valence-electron chi connectivity index (χ3n) is 3.03. The number of hydrogen-bond donors (Lipinski definition) is 1. The van der Waals surface area contributed by atoms with Gasteiger partial charge in [-0.2, -0.15) is 4.98 Å². The Bertz CT molecular complexity index is 578. The van der Waals surface area contributed by atoms with Gasteiger partial charge in [-0.3, -0.25) is 0 Å². The van der Waals surface area contributed by atoms with Gasteiger partial charge in [0, 0.05) is 5.92 Å². The van der Waals surface area contributed by atoms with E-state index in [2.05, 4.69) is 15.5 Å². The second-order valence-electron chi connectivity index (χ2n) is 5.72. The Labute approximate surface area is 125 Å². The van der Waals surface area contributed by atoms with E-state index in [9.17, 15) is 0 Å². The van der Waals surface area contributed by atoms with Crippen LogP contribution in [0.2, 0.25) is 0 Å². The summed E-state index contributed by atoms with van der Waals surface area (Å²) in [7, 11) is 0. The molecule has 21 heavy (non-hydrogen) atoms. The van der Waals surface area contributed by atoms with Gasteiger partial charge in [0.05, 0.1) is 12.1 Å². The third-order valence-corrected chi connectivity index (χ3v) is 3.03. The van der Waals surface area contributed by atoms with E-state index in [1.165, 1.54) is 0 Å². The van der Waals surface area contributed by atoms with Crippen LogP contribution in [0.15, 0.2) is 28.8 Å². The molecule has 0 aliphatic heterocycles. The second-order valence-corrected chi connectivity index (χ2v) is 5.72.